The van der Waals surface area contributed by atoms with E-state index in [0.717, 1.165) is 0 Å². The standard InChI is InChI=1S/C16H32N2O3/c1-7-13(19)17-9-15(3,4)11-21-12-16(5,6)10-18-14(20)8-2/h7-12H2,1-6H3,(H,17,19)(H,18,20). The van der Waals surface area contributed by atoms with Gasteiger partial charge in [0, 0.05) is 36.8 Å². The van der Waals surface area contributed by atoms with Gasteiger partial charge in [-0.2, -0.15) is 0 Å². The number of amides is 2. The van der Waals surface area contributed by atoms with E-state index in [4.69, 9.17) is 4.74 Å². The van der Waals surface area contributed by atoms with Gasteiger partial charge in [0.2, 0.25) is 11.8 Å². The Balaban J connectivity index is 4.03. The normalized spacial score (nSPS) is 12.1. The lowest BCUT2D eigenvalue weighted by atomic mass is 9.93. The van der Waals surface area contributed by atoms with Crippen LogP contribution in [0.2, 0.25) is 0 Å². The van der Waals surface area contributed by atoms with Gasteiger partial charge in [-0.1, -0.05) is 41.5 Å². The van der Waals surface area contributed by atoms with Crippen molar-refractivity contribution in [2.75, 3.05) is 26.3 Å². The molecule has 0 atom stereocenters. The molecule has 21 heavy (non-hydrogen) atoms. The highest BCUT2D eigenvalue weighted by molar-refractivity contribution is 5.75. The summed E-state index contributed by atoms with van der Waals surface area (Å²) in [4.78, 5) is 22.6. The number of rotatable bonds is 10. The van der Waals surface area contributed by atoms with E-state index in [1.807, 2.05) is 13.8 Å². The molecule has 0 heterocycles. The molecule has 2 amide bonds. The van der Waals surface area contributed by atoms with E-state index in [2.05, 4.69) is 38.3 Å². The molecule has 5 heteroatoms. The summed E-state index contributed by atoms with van der Waals surface area (Å²) in [5, 5.41) is 5.78. The number of nitrogens with one attached hydrogen (secondary N) is 2. The van der Waals surface area contributed by atoms with Crippen molar-refractivity contribution < 1.29 is 14.3 Å². The lowest BCUT2D eigenvalue weighted by Gasteiger charge is -2.29. The van der Waals surface area contributed by atoms with Gasteiger partial charge >= 0.3 is 0 Å². The predicted molar refractivity (Wildman–Crippen MR) is 85.0 cm³/mol. The lowest BCUT2D eigenvalue weighted by molar-refractivity contribution is -0.121. The third kappa shape index (κ3) is 10.3. The Morgan fingerprint density at radius 3 is 1.43 bits per heavy atom. The molecular weight excluding hydrogens is 268 g/mol. The quantitative estimate of drug-likeness (QED) is 0.649. The van der Waals surface area contributed by atoms with Gasteiger partial charge in [-0.3, -0.25) is 9.59 Å². The summed E-state index contributed by atoms with van der Waals surface area (Å²) >= 11 is 0. The maximum atomic E-state index is 11.3. The molecule has 0 aliphatic heterocycles. The van der Waals surface area contributed by atoms with Gasteiger partial charge < -0.3 is 15.4 Å². The van der Waals surface area contributed by atoms with Gasteiger partial charge in [0.05, 0.1) is 13.2 Å². The fraction of sp³-hybridized carbons (Fsp3) is 0.875. The molecule has 0 unspecified atom stereocenters. The highest BCUT2D eigenvalue weighted by Gasteiger charge is 2.23. The molecule has 0 fully saturated rings. The third-order valence-corrected chi connectivity index (χ3v) is 3.16. The topological polar surface area (TPSA) is 67.4 Å². The van der Waals surface area contributed by atoms with Crippen LogP contribution < -0.4 is 10.6 Å². The molecule has 0 radical (unpaired) electrons. The lowest BCUT2D eigenvalue weighted by Crippen LogP contribution is -2.39. The Labute approximate surface area is 129 Å². The molecule has 0 rings (SSSR count). The van der Waals surface area contributed by atoms with Crippen LogP contribution in [0.4, 0.5) is 0 Å². The van der Waals surface area contributed by atoms with Crippen molar-refractivity contribution in [2.24, 2.45) is 10.8 Å². The molecule has 0 aliphatic carbocycles. The van der Waals surface area contributed by atoms with Crippen molar-refractivity contribution in [3.8, 4) is 0 Å². The number of carbonyl (C=O) groups excluding carboxylic acids is 2. The average Bonchev–Trinajstić information content (AvgIpc) is 2.41. The maximum Gasteiger partial charge on any atom is 0.219 e. The fourth-order valence-corrected chi connectivity index (χ4v) is 1.63. The molecular formula is C16H32N2O3. The van der Waals surface area contributed by atoms with Crippen LogP contribution >= 0.6 is 0 Å². The smallest absolute Gasteiger partial charge is 0.219 e. The zero-order valence-corrected chi connectivity index (χ0v) is 14.5. The predicted octanol–water partition coefficient (Wildman–Crippen LogP) is 2.11. The van der Waals surface area contributed by atoms with Crippen LogP contribution in [0, 0.1) is 10.8 Å². The fourth-order valence-electron chi connectivity index (χ4n) is 1.63. The second-order valence-electron chi connectivity index (χ2n) is 7.08. The van der Waals surface area contributed by atoms with Crippen LogP contribution in [-0.2, 0) is 14.3 Å². The Kier molecular flexibility index (Phi) is 8.55. The summed E-state index contributed by atoms with van der Waals surface area (Å²) in [7, 11) is 0. The monoisotopic (exact) mass is 300 g/mol. The SMILES string of the molecule is CCC(=O)NCC(C)(C)COCC(C)(C)CNC(=O)CC. The molecule has 0 saturated carbocycles. The second kappa shape index (κ2) is 9.03. The van der Waals surface area contributed by atoms with Crippen LogP contribution in [0.5, 0.6) is 0 Å². The van der Waals surface area contributed by atoms with E-state index in [1.54, 1.807) is 0 Å². The molecule has 0 aromatic heterocycles. The number of carbonyl (C=O) groups is 2. The molecule has 0 spiro atoms. The molecule has 124 valence electrons. The van der Waals surface area contributed by atoms with Crippen molar-refractivity contribution in [3.63, 3.8) is 0 Å². The van der Waals surface area contributed by atoms with Gasteiger partial charge in [-0.15, -0.1) is 0 Å². The Morgan fingerprint density at radius 2 is 1.14 bits per heavy atom. The number of hydrogen-bond acceptors (Lipinski definition) is 3. The maximum absolute atomic E-state index is 11.3. The molecule has 0 saturated heterocycles. The van der Waals surface area contributed by atoms with Gasteiger partial charge in [-0.05, 0) is 0 Å². The number of ether oxygens (including phenoxy) is 1. The Hall–Kier alpha value is -1.10. The van der Waals surface area contributed by atoms with Crippen molar-refractivity contribution in [1.29, 1.82) is 0 Å². The summed E-state index contributed by atoms with van der Waals surface area (Å²) in [6, 6.07) is 0. The van der Waals surface area contributed by atoms with Gasteiger partial charge in [0.1, 0.15) is 0 Å². The average molecular weight is 300 g/mol. The van der Waals surface area contributed by atoms with Gasteiger partial charge in [0.25, 0.3) is 0 Å². The van der Waals surface area contributed by atoms with E-state index < -0.39 is 0 Å². The minimum atomic E-state index is -0.104. The zero-order valence-electron chi connectivity index (χ0n) is 14.5. The van der Waals surface area contributed by atoms with Crippen molar-refractivity contribution in [2.45, 2.75) is 54.4 Å². The Bertz CT molecular complexity index is 306. The summed E-state index contributed by atoms with van der Waals surface area (Å²) in [6.45, 7) is 14.3. The van der Waals surface area contributed by atoms with Crippen LogP contribution in [-0.4, -0.2) is 38.1 Å². The van der Waals surface area contributed by atoms with Crippen LogP contribution in [0.3, 0.4) is 0 Å². The van der Waals surface area contributed by atoms with E-state index >= 15 is 0 Å². The van der Waals surface area contributed by atoms with E-state index in [-0.39, 0.29) is 22.6 Å². The van der Waals surface area contributed by atoms with Crippen LogP contribution in [0.1, 0.15) is 54.4 Å². The summed E-state index contributed by atoms with van der Waals surface area (Å²) in [5.74, 6) is 0.122. The molecule has 2 N–H and O–H groups in total. The minimum Gasteiger partial charge on any atom is -0.380 e. The zero-order chi connectivity index (χ0) is 16.5. The third-order valence-electron chi connectivity index (χ3n) is 3.16. The van der Waals surface area contributed by atoms with Crippen molar-refractivity contribution in [3.05, 3.63) is 0 Å². The molecule has 0 aliphatic rings. The molecule has 0 aromatic rings. The van der Waals surface area contributed by atoms with Crippen molar-refractivity contribution >= 4 is 11.8 Å². The first-order valence-corrected chi connectivity index (χ1v) is 7.73. The largest absolute Gasteiger partial charge is 0.380 e. The number of hydrogen-bond donors (Lipinski definition) is 2. The first-order chi connectivity index (χ1) is 9.62. The van der Waals surface area contributed by atoms with E-state index in [1.165, 1.54) is 0 Å². The van der Waals surface area contributed by atoms with E-state index in [9.17, 15) is 9.59 Å². The van der Waals surface area contributed by atoms with Gasteiger partial charge in [-0.25, -0.2) is 0 Å². The summed E-state index contributed by atoms with van der Waals surface area (Å²) < 4.78 is 5.79. The minimum absolute atomic E-state index is 0.0608. The highest BCUT2D eigenvalue weighted by Crippen LogP contribution is 2.18. The molecule has 0 aromatic carbocycles. The summed E-state index contributed by atoms with van der Waals surface area (Å²) in [5.41, 5.74) is -0.207. The highest BCUT2D eigenvalue weighted by atomic mass is 16.5. The molecule has 5 nitrogen and oxygen atoms in total. The first-order valence-electron chi connectivity index (χ1n) is 7.73. The van der Waals surface area contributed by atoms with Crippen LogP contribution in [0.15, 0.2) is 0 Å². The van der Waals surface area contributed by atoms with Crippen LogP contribution in [0.25, 0.3) is 0 Å². The van der Waals surface area contributed by atoms with E-state index in [0.29, 0.717) is 39.1 Å². The van der Waals surface area contributed by atoms with Gasteiger partial charge in [0.15, 0.2) is 0 Å². The van der Waals surface area contributed by atoms with Crippen molar-refractivity contribution in [1.82, 2.24) is 10.6 Å². The summed E-state index contributed by atoms with van der Waals surface area (Å²) in [6.07, 6.45) is 1.00. The molecule has 0 bridgehead atoms. The Morgan fingerprint density at radius 1 is 0.810 bits per heavy atom. The first kappa shape index (κ1) is 19.9. The second-order valence-corrected chi connectivity index (χ2v) is 7.08.